The number of aliphatic hydroxyl groups is 2. The van der Waals surface area contributed by atoms with Crippen molar-refractivity contribution in [1.82, 2.24) is 4.90 Å². The number of nitrogens with zero attached hydrogens (tertiary/aromatic N) is 1. The van der Waals surface area contributed by atoms with Gasteiger partial charge in [-0.15, -0.1) is 0 Å². The van der Waals surface area contributed by atoms with Gasteiger partial charge in [-0.05, 0) is 17.2 Å². The summed E-state index contributed by atoms with van der Waals surface area (Å²) in [5.41, 5.74) is 1.87. The minimum absolute atomic E-state index is 0.0550. The Bertz CT molecular complexity index is 408. The van der Waals surface area contributed by atoms with Crippen LogP contribution in [0, 0.1) is 0 Å². The molecule has 5 nitrogen and oxygen atoms in total. The van der Waals surface area contributed by atoms with Gasteiger partial charge >= 0.3 is 5.97 Å². The molecule has 104 valence electrons. The van der Waals surface area contributed by atoms with E-state index in [-0.39, 0.29) is 13.2 Å². The summed E-state index contributed by atoms with van der Waals surface area (Å²) in [4.78, 5) is 12.3. The minimum Gasteiger partial charge on any atom is -0.478 e. The molecule has 0 unspecified atom stereocenters. The van der Waals surface area contributed by atoms with Crippen LogP contribution in [0.1, 0.15) is 11.1 Å². The molecule has 0 heterocycles. The normalized spacial score (nSPS) is 11.3. The number of aliphatic hydroxyl groups excluding tert-OH is 2. The molecule has 0 spiro atoms. The van der Waals surface area contributed by atoms with E-state index in [1.54, 1.807) is 0 Å². The molecule has 0 radical (unpaired) electrons. The number of aliphatic carboxylic acids is 1. The Morgan fingerprint density at radius 1 is 1.11 bits per heavy atom. The Kier molecular flexibility index (Phi) is 6.81. The molecule has 1 aromatic carbocycles. The molecule has 3 N–H and O–H groups in total. The highest BCUT2D eigenvalue weighted by Gasteiger charge is 2.04. The molecule has 0 aliphatic carbocycles. The van der Waals surface area contributed by atoms with Crippen LogP contribution in [0.4, 0.5) is 0 Å². The van der Waals surface area contributed by atoms with Gasteiger partial charge < -0.3 is 15.3 Å². The number of carboxylic acid groups (broad SMARTS) is 1. The molecule has 0 amide bonds. The number of rotatable bonds is 8. The third-order valence-electron chi connectivity index (χ3n) is 2.64. The average Bonchev–Trinajstić information content (AvgIpc) is 2.38. The molecule has 0 aromatic heterocycles. The van der Waals surface area contributed by atoms with E-state index >= 15 is 0 Å². The van der Waals surface area contributed by atoms with Gasteiger partial charge in [0, 0.05) is 25.7 Å². The molecule has 0 atom stereocenters. The average molecular weight is 265 g/mol. The van der Waals surface area contributed by atoms with Crippen molar-refractivity contribution in [2.75, 3.05) is 26.3 Å². The Morgan fingerprint density at radius 3 is 2.16 bits per heavy atom. The maximum absolute atomic E-state index is 10.4. The molecular weight excluding hydrogens is 246 g/mol. The highest BCUT2D eigenvalue weighted by Crippen LogP contribution is 2.09. The molecule has 0 saturated carbocycles. The van der Waals surface area contributed by atoms with Crippen LogP contribution in [-0.4, -0.2) is 52.5 Å². The Labute approximate surface area is 112 Å². The minimum atomic E-state index is -0.971. The lowest BCUT2D eigenvalue weighted by molar-refractivity contribution is -0.131. The number of carboxylic acids is 1. The van der Waals surface area contributed by atoms with Crippen molar-refractivity contribution in [2.24, 2.45) is 0 Å². The van der Waals surface area contributed by atoms with Crippen molar-refractivity contribution in [1.29, 1.82) is 0 Å². The predicted molar refractivity (Wildman–Crippen MR) is 72.6 cm³/mol. The summed E-state index contributed by atoms with van der Waals surface area (Å²) >= 11 is 0. The first-order chi connectivity index (χ1) is 9.15. The van der Waals surface area contributed by atoms with Gasteiger partial charge in [-0.3, -0.25) is 4.90 Å². The van der Waals surface area contributed by atoms with Crippen LogP contribution in [0.5, 0.6) is 0 Å². The van der Waals surface area contributed by atoms with E-state index < -0.39 is 5.97 Å². The molecule has 0 bridgehead atoms. The first-order valence-electron chi connectivity index (χ1n) is 6.09. The lowest BCUT2D eigenvalue weighted by Crippen LogP contribution is -2.29. The van der Waals surface area contributed by atoms with Crippen molar-refractivity contribution < 1.29 is 20.1 Å². The van der Waals surface area contributed by atoms with Gasteiger partial charge in [-0.2, -0.15) is 0 Å². The van der Waals surface area contributed by atoms with E-state index in [9.17, 15) is 4.79 Å². The summed E-state index contributed by atoms with van der Waals surface area (Å²) in [5.74, 6) is -0.971. The van der Waals surface area contributed by atoms with Gasteiger partial charge in [-0.1, -0.05) is 24.3 Å². The van der Waals surface area contributed by atoms with Gasteiger partial charge in [-0.25, -0.2) is 4.79 Å². The smallest absolute Gasteiger partial charge is 0.328 e. The highest BCUT2D eigenvalue weighted by atomic mass is 16.4. The first-order valence-corrected chi connectivity index (χ1v) is 6.09. The molecule has 1 aromatic rings. The molecule has 5 heteroatoms. The second-order valence-electron chi connectivity index (χ2n) is 4.14. The number of benzene rings is 1. The van der Waals surface area contributed by atoms with Crippen LogP contribution < -0.4 is 0 Å². The zero-order chi connectivity index (χ0) is 14.1. The van der Waals surface area contributed by atoms with Crippen molar-refractivity contribution in [3.05, 3.63) is 41.5 Å². The van der Waals surface area contributed by atoms with E-state index in [1.165, 1.54) is 6.08 Å². The quantitative estimate of drug-likeness (QED) is 0.599. The second kappa shape index (κ2) is 8.42. The van der Waals surface area contributed by atoms with Crippen LogP contribution in [0.2, 0.25) is 0 Å². The van der Waals surface area contributed by atoms with E-state index in [0.29, 0.717) is 19.6 Å². The van der Waals surface area contributed by atoms with Gasteiger partial charge in [0.1, 0.15) is 0 Å². The fourth-order valence-electron chi connectivity index (χ4n) is 1.71. The summed E-state index contributed by atoms with van der Waals surface area (Å²) in [6, 6.07) is 7.49. The van der Waals surface area contributed by atoms with Gasteiger partial charge in [0.25, 0.3) is 0 Å². The summed E-state index contributed by atoms with van der Waals surface area (Å²) in [6.45, 7) is 1.78. The first kappa shape index (κ1) is 15.4. The molecular formula is C14H19NO4. The number of hydrogen-bond donors (Lipinski definition) is 3. The summed E-state index contributed by atoms with van der Waals surface area (Å²) < 4.78 is 0. The second-order valence-corrected chi connectivity index (χ2v) is 4.14. The standard InChI is InChI=1S/C14H19NO4/c16-9-7-15(8-10-17)11-13-3-1-12(2-4-13)5-6-14(18)19/h1-6,16-17H,7-11H2,(H,18,19)/b6-5+. The molecule has 0 aliphatic rings. The van der Waals surface area contributed by atoms with E-state index in [2.05, 4.69) is 0 Å². The van der Waals surface area contributed by atoms with Crippen molar-refractivity contribution in [3.8, 4) is 0 Å². The fraction of sp³-hybridized carbons (Fsp3) is 0.357. The zero-order valence-electron chi connectivity index (χ0n) is 10.7. The van der Waals surface area contributed by atoms with Crippen LogP contribution in [-0.2, 0) is 11.3 Å². The van der Waals surface area contributed by atoms with Crippen LogP contribution in [0.15, 0.2) is 30.3 Å². The van der Waals surface area contributed by atoms with E-state index in [4.69, 9.17) is 15.3 Å². The summed E-state index contributed by atoms with van der Waals surface area (Å²) in [7, 11) is 0. The predicted octanol–water partition coefficient (Wildman–Crippen LogP) is 0.571. The molecule has 1 rings (SSSR count). The number of hydrogen-bond acceptors (Lipinski definition) is 4. The highest BCUT2D eigenvalue weighted by molar-refractivity contribution is 5.85. The van der Waals surface area contributed by atoms with Gasteiger partial charge in [0.05, 0.1) is 13.2 Å². The van der Waals surface area contributed by atoms with Crippen LogP contribution in [0.25, 0.3) is 6.08 Å². The number of carbonyl (C=O) groups is 1. The monoisotopic (exact) mass is 265 g/mol. The van der Waals surface area contributed by atoms with E-state index in [0.717, 1.165) is 17.2 Å². The molecule has 0 saturated heterocycles. The van der Waals surface area contributed by atoms with Crippen LogP contribution >= 0.6 is 0 Å². The lowest BCUT2D eigenvalue weighted by atomic mass is 10.1. The maximum Gasteiger partial charge on any atom is 0.328 e. The topological polar surface area (TPSA) is 81.0 Å². The summed E-state index contributed by atoms with van der Waals surface area (Å²) in [6.07, 6.45) is 2.63. The summed E-state index contributed by atoms with van der Waals surface area (Å²) in [5, 5.41) is 26.4. The van der Waals surface area contributed by atoms with Crippen molar-refractivity contribution in [2.45, 2.75) is 6.54 Å². The lowest BCUT2D eigenvalue weighted by Gasteiger charge is -2.20. The van der Waals surface area contributed by atoms with Crippen molar-refractivity contribution in [3.63, 3.8) is 0 Å². The Balaban J connectivity index is 2.62. The van der Waals surface area contributed by atoms with E-state index in [1.807, 2.05) is 29.2 Å². The maximum atomic E-state index is 10.4. The fourth-order valence-corrected chi connectivity index (χ4v) is 1.71. The molecule has 0 aliphatic heterocycles. The van der Waals surface area contributed by atoms with Crippen LogP contribution in [0.3, 0.4) is 0 Å². The van der Waals surface area contributed by atoms with Crippen molar-refractivity contribution >= 4 is 12.0 Å². The largest absolute Gasteiger partial charge is 0.478 e. The van der Waals surface area contributed by atoms with Gasteiger partial charge in [0.2, 0.25) is 0 Å². The van der Waals surface area contributed by atoms with Gasteiger partial charge in [0.15, 0.2) is 0 Å². The third kappa shape index (κ3) is 6.15. The third-order valence-corrected chi connectivity index (χ3v) is 2.64. The molecule has 0 fully saturated rings. The zero-order valence-corrected chi connectivity index (χ0v) is 10.7. The SMILES string of the molecule is O=C(O)/C=C/c1ccc(CN(CCO)CCO)cc1. The Morgan fingerprint density at radius 2 is 1.68 bits per heavy atom. The Hall–Kier alpha value is -1.69. The molecule has 19 heavy (non-hydrogen) atoms.